The summed E-state index contributed by atoms with van der Waals surface area (Å²) in [4.78, 5) is 27.9. The molecule has 4 saturated heterocycles. The monoisotopic (exact) mass is 422 g/mol. The number of hydrogen-bond acceptors (Lipinski definition) is 5. The van der Waals surface area contributed by atoms with Crippen molar-refractivity contribution in [3.05, 3.63) is 0 Å². The molecule has 4 aliphatic heterocycles. The van der Waals surface area contributed by atoms with Crippen LogP contribution in [0.25, 0.3) is 0 Å². The quantitative estimate of drug-likeness (QED) is 0.680. The third-order valence-electron chi connectivity index (χ3n) is 7.62. The second kappa shape index (κ2) is 8.75. The zero-order valence-electron chi connectivity index (χ0n) is 18.8. The maximum atomic E-state index is 13.5. The van der Waals surface area contributed by atoms with Crippen molar-refractivity contribution in [1.29, 1.82) is 0 Å². The van der Waals surface area contributed by atoms with Crippen LogP contribution in [0, 0.1) is 16.7 Å². The fourth-order valence-corrected chi connectivity index (χ4v) is 5.32. The number of hydrogen-bond donors (Lipinski definition) is 1. The first-order valence-electron chi connectivity index (χ1n) is 11.7. The van der Waals surface area contributed by atoms with Crippen molar-refractivity contribution in [2.24, 2.45) is 16.7 Å². The zero-order valence-corrected chi connectivity index (χ0v) is 18.8. The van der Waals surface area contributed by atoms with Gasteiger partial charge in [-0.1, -0.05) is 13.8 Å². The normalized spacial score (nSPS) is 32.0. The fraction of sp³-hybridized carbons (Fsp3) is 0.913. The van der Waals surface area contributed by atoms with Crippen molar-refractivity contribution < 1.29 is 23.8 Å². The van der Waals surface area contributed by atoms with Gasteiger partial charge in [-0.05, 0) is 45.4 Å². The minimum atomic E-state index is -0.659. The molecule has 1 saturated carbocycles. The number of fused-ring (bicyclic) bond motifs is 3. The number of piperidine rings is 1. The first-order valence-corrected chi connectivity index (χ1v) is 11.7. The van der Waals surface area contributed by atoms with Crippen LogP contribution in [-0.2, 0) is 23.8 Å². The van der Waals surface area contributed by atoms with Gasteiger partial charge in [0.15, 0.2) is 0 Å². The lowest BCUT2D eigenvalue weighted by Crippen LogP contribution is -2.61. The van der Waals surface area contributed by atoms with E-state index in [4.69, 9.17) is 14.2 Å². The molecular weight excluding hydrogens is 384 g/mol. The van der Waals surface area contributed by atoms with E-state index in [0.717, 1.165) is 64.9 Å². The van der Waals surface area contributed by atoms with Gasteiger partial charge in [0.2, 0.25) is 11.8 Å². The van der Waals surface area contributed by atoms with E-state index >= 15 is 0 Å². The number of ether oxygens (including phenoxy) is 3. The fourth-order valence-electron chi connectivity index (χ4n) is 5.32. The van der Waals surface area contributed by atoms with Gasteiger partial charge >= 0.3 is 0 Å². The summed E-state index contributed by atoms with van der Waals surface area (Å²) in [6.07, 6.45) is 6.57. The molecule has 5 aliphatic rings. The van der Waals surface area contributed by atoms with E-state index in [1.54, 1.807) is 0 Å². The second-order valence-corrected chi connectivity index (χ2v) is 10.5. The van der Waals surface area contributed by atoms with Gasteiger partial charge in [-0.3, -0.25) is 9.59 Å². The summed E-state index contributed by atoms with van der Waals surface area (Å²) in [7, 11) is 0. The van der Waals surface area contributed by atoms with Crippen LogP contribution in [0.4, 0.5) is 0 Å². The Morgan fingerprint density at radius 1 is 1.13 bits per heavy atom. The van der Waals surface area contributed by atoms with Gasteiger partial charge in [-0.15, -0.1) is 0 Å². The molecule has 1 N–H and O–H groups in total. The predicted molar refractivity (Wildman–Crippen MR) is 112 cm³/mol. The average molecular weight is 423 g/mol. The van der Waals surface area contributed by atoms with Crippen LogP contribution in [-0.4, -0.2) is 74.5 Å². The van der Waals surface area contributed by atoms with Crippen LogP contribution in [0.1, 0.15) is 59.3 Å². The first kappa shape index (κ1) is 22.0. The molecule has 30 heavy (non-hydrogen) atoms. The van der Waals surface area contributed by atoms with E-state index in [-0.39, 0.29) is 34.7 Å². The van der Waals surface area contributed by atoms with Crippen LogP contribution in [0.5, 0.6) is 0 Å². The Morgan fingerprint density at radius 2 is 1.87 bits per heavy atom. The van der Waals surface area contributed by atoms with Crippen LogP contribution in [0.2, 0.25) is 0 Å². The molecule has 5 fully saturated rings. The van der Waals surface area contributed by atoms with Gasteiger partial charge < -0.3 is 24.4 Å². The lowest BCUT2D eigenvalue weighted by atomic mass is 9.72. The van der Waals surface area contributed by atoms with E-state index in [0.29, 0.717) is 19.3 Å². The van der Waals surface area contributed by atoms with E-state index in [1.807, 2.05) is 25.7 Å². The van der Waals surface area contributed by atoms with Crippen molar-refractivity contribution in [2.45, 2.75) is 77.5 Å². The number of likely N-dealkylation sites (tertiary alicyclic amines) is 1. The number of amides is 2. The molecule has 0 radical (unpaired) electrons. The Kier molecular flexibility index (Phi) is 6.43. The number of carbonyl (C=O) groups excluding carboxylic acids is 2. The molecule has 0 aromatic heterocycles. The lowest BCUT2D eigenvalue weighted by Gasteiger charge is -2.49. The standard InChI is InChI=1S/C23H38N2O5/c1-16(2)20(26)24-19(21(27)25-10-4-7-23(11-25)12-28-13-23)17(3)29-14-22-8-5-18(6-9-22)30-15-22/h16-19H,4-15H2,1-3H3,(H,24,26). The largest absolute Gasteiger partial charge is 0.380 e. The lowest BCUT2D eigenvalue weighted by molar-refractivity contribution is -0.168. The molecule has 2 unspecified atom stereocenters. The van der Waals surface area contributed by atoms with Gasteiger partial charge in [-0.2, -0.15) is 0 Å². The molecule has 0 aromatic rings. The molecule has 4 heterocycles. The molecule has 0 aromatic carbocycles. The number of carbonyl (C=O) groups is 2. The van der Waals surface area contributed by atoms with Gasteiger partial charge in [0, 0.05) is 29.8 Å². The molecule has 7 heteroatoms. The molecular formula is C23H38N2O5. The maximum absolute atomic E-state index is 13.5. The van der Waals surface area contributed by atoms with Gasteiger partial charge in [0.05, 0.1) is 38.6 Å². The highest BCUT2D eigenvalue weighted by molar-refractivity contribution is 5.89. The number of nitrogens with zero attached hydrogens (tertiary/aromatic N) is 1. The Bertz CT molecular complexity index is 626. The topological polar surface area (TPSA) is 77.1 Å². The summed E-state index contributed by atoms with van der Waals surface area (Å²) in [5.41, 5.74) is 0.179. The van der Waals surface area contributed by atoms with E-state index in [9.17, 15) is 9.59 Å². The highest BCUT2D eigenvalue weighted by atomic mass is 16.5. The van der Waals surface area contributed by atoms with Crippen molar-refractivity contribution in [2.75, 3.05) is 39.5 Å². The summed E-state index contributed by atoms with van der Waals surface area (Å²) >= 11 is 0. The summed E-state index contributed by atoms with van der Waals surface area (Å²) in [6, 6.07) is -0.659. The van der Waals surface area contributed by atoms with Crippen LogP contribution in [0.3, 0.4) is 0 Å². The predicted octanol–water partition coefficient (Wildman–Crippen LogP) is 2.13. The Balaban J connectivity index is 1.41. The number of nitrogens with one attached hydrogen (secondary N) is 1. The maximum Gasteiger partial charge on any atom is 0.247 e. The Morgan fingerprint density at radius 3 is 2.43 bits per heavy atom. The van der Waals surface area contributed by atoms with Crippen molar-refractivity contribution in [1.82, 2.24) is 10.2 Å². The first-order chi connectivity index (χ1) is 14.3. The Labute approximate surface area is 180 Å². The van der Waals surface area contributed by atoms with Crippen LogP contribution in [0.15, 0.2) is 0 Å². The minimum absolute atomic E-state index is 0.0245. The van der Waals surface area contributed by atoms with E-state index in [2.05, 4.69) is 5.32 Å². The molecule has 2 bridgehead atoms. The average Bonchev–Trinajstić information content (AvgIpc) is 2.75. The molecule has 1 spiro atoms. The smallest absolute Gasteiger partial charge is 0.247 e. The van der Waals surface area contributed by atoms with Gasteiger partial charge in [0.1, 0.15) is 6.04 Å². The van der Waals surface area contributed by atoms with Crippen LogP contribution < -0.4 is 5.32 Å². The number of rotatable bonds is 7. The third-order valence-corrected chi connectivity index (χ3v) is 7.62. The molecule has 2 amide bonds. The van der Waals surface area contributed by atoms with Gasteiger partial charge in [-0.25, -0.2) is 0 Å². The summed E-state index contributed by atoms with van der Waals surface area (Å²) in [6.45, 7) is 9.86. The highest BCUT2D eigenvalue weighted by Gasteiger charge is 2.46. The van der Waals surface area contributed by atoms with Crippen molar-refractivity contribution >= 4 is 11.8 Å². The van der Waals surface area contributed by atoms with E-state index in [1.165, 1.54) is 0 Å². The van der Waals surface area contributed by atoms with Crippen molar-refractivity contribution in [3.63, 3.8) is 0 Å². The zero-order chi connectivity index (χ0) is 21.4. The molecule has 2 atom stereocenters. The van der Waals surface area contributed by atoms with Crippen LogP contribution >= 0.6 is 0 Å². The minimum Gasteiger partial charge on any atom is -0.380 e. The summed E-state index contributed by atoms with van der Waals surface area (Å²) in [5.74, 6) is -0.313. The molecule has 1 aliphatic carbocycles. The van der Waals surface area contributed by atoms with E-state index < -0.39 is 6.04 Å². The molecule has 5 rings (SSSR count). The second-order valence-electron chi connectivity index (χ2n) is 10.5. The SMILES string of the molecule is CC(C)C(=O)NC(C(=O)N1CCCC2(COC2)C1)C(C)OCC12CCC(CC1)OC2. The molecule has 7 nitrogen and oxygen atoms in total. The summed E-state index contributed by atoms with van der Waals surface area (Å²) in [5, 5.41) is 2.99. The highest BCUT2D eigenvalue weighted by Crippen LogP contribution is 2.43. The third kappa shape index (κ3) is 4.53. The van der Waals surface area contributed by atoms with Gasteiger partial charge in [0.25, 0.3) is 0 Å². The Hall–Kier alpha value is -1.18. The summed E-state index contributed by atoms with van der Waals surface area (Å²) < 4.78 is 17.6. The van der Waals surface area contributed by atoms with Crippen molar-refractivity contribution in [3.8, 4) is 0 Å². The molecule has 170 valence electrons.